The quantitative estimate of drug-likeness (QED) is 0.0306. The number of rotatable bonds is 23. The lowest BCUT2D eigenvalue weighted by Crippen LogP contribution is -2.53. The van der Waals surface area contributed by atoms with E-state index in [0.717, 1.165) is 111 Å². The Bertz CT molecular complexity index is 2980. The van der Waals surface area contributed by atoms with Gasteiger partial charge in [0.1, 0.15) is 6.04 Å². The lowest BCUT2D eigenvalue weighted by Gasteiger charge is -2.33. The highest BCUT2D eigenvalue weighted by Crippen LogP contribution is 2.33. The van der Waals surface area contributed by atoms with E-state index in [1.807, 2.05) is 60.9 Å². The number of carbonyl (C=O) groups excluding carboxylic acids is 3. The van der Waals surface area contributed by atoms with Gasteiger partial charge in [0.25, 0.3) is 0 Å². The minimum Gasteiger partial charge on any atom is -0.400 e. The van der Waals surface area contributed by atoms with Crippen LogP contribution in [0.1, 0.15) is 114 Å². The summed E-state index contributed by atoms with van der Waals surface area (Å²) in [6, 6.07) is 37.0. The van der Waals surface area contributed by atoms with E-state index in [1.165, 1.54) is 16.5 Å². The summed E-state index contributed by atoms with van der Waals surface area (Å²) in [4.78, 5) is 51.7. The van der Waals surface area contributed by atoms with E-state index in [-0.39, 0.29) is 41.9 Å². The predicted octanol–water partition coefficient (Wildman–Crippen LogP) is 12.8. The number of hydrogen-bond acceptors (Lipinski definition) is 7. The van der Waals surface area contributed by atoms with Crippen molar-refractivity contribution in [2.45, 2.75) is 130 Å². The minimum absolute atomic E-state index is 0.0732. The van der Waals surface area contributed by atoms with E-state index in [2.05, 4.69) is 149 Å². The van der Waals surface area contributed by atoms with E-state index < -0.39 is 6.04 Å². The number of nitrogens with one attached hydrogen (secondary N) is 8. The Morgan fingerprint density at radius 2 is 1.26 bits per heavy atom. The van der Waals surface area contributed by atoms with Crippen molar-refractivity contribution < 1.29 is 19.5 Å². The Morgan fingerprint density at radius 3 is 1.85 bits per heavy atom. The van der Waals surface area contributed by atoms with Gasteiger partial charge in [-0.15, -0.1) is 0 Å². The number of anilines is 2. The number of fused-ring (bicyclic) bond motifs is 2. The minimum atomic E-state index is -0.727. The number of urea groups is 2. The predicted molar refractivity (Wildman–Crippen MR) is 332 cm³/mol. The number of para-hydroxylation sites is 3. The van der Waals surface area contributed by atoms with Crippen molar-refractivity contribution in [1.29, 1.82) is 0 Å². The largest absolute Gasteiger partial charge is 0.400 e. The van der Waals surface area contributed by atoms with Crippen molar-refractivity contribution in [2.75, 3.05) is 57.0 Å². The van der Waals surface area contributed by atoms with Gasteiger partial charge in [0.05, 0.1) is 10.0 Å². The van der Waals surface area contributed by atoms with E-state index in [1.54, 1.807) is 18.2 Å². The summed E-state index contributed by atoms with van der Waals surface area (Å²) in [6.07, 6.45) is 9.06. The first kappa shape index (κ1) is 62.8. The molecule has 3 heterocycles. The van der Waals surface area contributed by atoms with Gasteiger partial charge < -0.3 is 51.9 Å². The highest BCUT2D eigenvalue weighted by atomic mass is 35.5. The Balaban J connectivity index is 0.000000256. The molecule has 1 aliphatic heterocycles. The molecule has 0 saturated carbocycles. The lowest BCUT2D eigenvalue weighted by molar-refractivity contribution is -0.123. The highest BCUT2D eigenvalue weighted by molar-refractivity contribution is 6.42. The molecule has 430 valence electrons. The van der Waals surface area contributed by atoms with Crippen molar-refractivity contribution in [3.05, 3.63) is 166 Å². The number of halogens is 2. The molecule has 0 bridgehead atoms. The summed E-state index contributed by atoms with van der Waals surface area (Å²) in [5.74, 6) is 0.335. The van der Waals surface area contributed by atoms with Crippen LogP contribution in [-0.2, 0) is 24.2 Å². The van der Waals surface area contributed by atoms with Crippen LogP contribution in [0.2, 0.25) is 10.0 Å². The molecular weight excluding hydrogens is 1040 g/mol. The summed E-state index contributed by atoms with van der Waals surface area (Å²) in [7, 11) is 1.00. The number of aliphatic hydroxyl groups is 1. The highest BCUT2D eigenvalue weighted by Gasteiger charge is 2.28. The molecule has 0 radical (unpaired) electrons. The topological polar surface area (TPSA) is 182 Å². The lowest BCUT2D eigenvalue weighted by atomic mass is 9.93. The van der Waals surface area contributed by atoms with Crippen molar-refractivity contribution in [3.63, 3.8) is 0 Å². The molecule has 2 aromatic heterocycles. The smallest absolute Gasteiger partial charge is 0.319 e. The second kappa shape index (κ2) is 32.2. The Morgan fingerprint density at radius 1 is 0.688 bits per heavy atom. The molecule has 0 spiro atoms. The van der Waals surface area contributed by atoms with Crippen LogP contribution in [0.5, 0.6) is 0 Å². The Kier molecular flexibility index (Phi) is 25.2. The summed E-state index contributed by atoms with van der Waals surface area (Å²) in [6.45, 7) is 21.8. The molecule has 5 amide bonds. The number of aromatic nitrogens is 2. The van der Waals surface area contributed by atoms with Gasteiger partial charge in [0, 0.05) is 103 Å². The molecule has 14 nitrogen and oxygen atoms in total. The fraction of sp³-hybridized carbons (Fsp3) is 0.422. The normalized spacial score (nSPS) is 14.0. The maximum atomic E-state index is 13.8. The second-order valence-corrected chi connectivity index (χ2v) is 22.2. The van der Waals surface area contributed by atoms with E-state index in [0.29, 0.717) is 41.2 Å². The number of H-pyrrole nitrogens is 2. The average Bonchev–Trinajstić information content (AvgIpc) is 4.09. The van der Waals surface area contributed by atoms with Crippen LogP contribution in [-0.4, -0.2) is 113 Å². The molecular formula is C64H86Cl2N10O4. The first-order valence-electron chi connectivity index (χ1n) is 28.5. The number of nitrogens with zero attached hydrogens (tertiary/aromatic N) is 2. The molecule has 9 N–H and O–H groups in total. The monoisotopic (exact) mass is 1130 g/mol. The fourth-order valence-corrected chi connectivity index (χ4v) is 10.7. The third-order valence-electron chi connectivity index (χ3n) is 14.9. The molecule has 1 aliphatic rings. The SMILES string of the molecule is CC(C)c1cccc(C(C)C)c1NC(=O)NC(Cc1c[nH]c2ccccc12)C(=O)NC1CCN(Cc2ccccc2)CC1.CCN(CC)CCCC(C)NCC(Cc1c[nH]c2ccccc12)NC(=O)Nc1ccc(Cl)c(Cl)c1.CO. The standard InChI is InChI=1S/C36H45N5O2.C27H37Cl2N5O.CH4O/c1-24(2)29-14-10-15-30(25(3)4)34(29)40-36(43)39-33(21-27-22-37-32-16-9-8-13-31(27)32)35(42)38-28-17-19-41(20-18-28)23-26-11-6-5-7-12-26;1-4-34(5-2)14-8-9-19(3)30-18-22(15-20-17-31-26-11-7-6-10-23(20)26)33-27(35)32-21-12-13-24(28)25(29)16-21;1-2/h5-16,22,24-25,28,33,37H,17-21,23H2,1-4H3,(H,38,42)(H2,39,40,43);6-7,10-13,16-17,19,22,30-31H,4-5,8-9,14-15,18H2,1-3H3,(H2,32,33,35);2H,1H3. The number of hydrogen-bond donors (Lipinski definition) is 9. The first-order chi connectivity index (χ1) is 38.7. The van der Waals surface area contributed by atoms with Crippen LogP contribution in [0.15, 0.2) is 128 Å². The molecule has 80 heavy (non-hydrogen) atoms. The van der Waals surface area contributed by atoms with Gasteiger partial charge in [-0.1, -0.05) is 150 Å². The van der Waals surface area contributed by atoms with Crippen LogP contribution in [0, 0.1) is 0 Å². The third kappa shape index (κ3) is 18.9. The number of aliphatic hydroxyl groups excluding tert-OH is 1. The maximum Gasteiger partial charge on any atom is 0.319 e. The van der Waals surface area contributed by atoms with Gasteiger partial charge in [-0.05, 0) is 129 Å². The Labute approximate surface area is 484 Å². The van der Waals surface area contributed by atoms with Gasteiger partial charge in [0.2, 0.25) is 5.91 Å². The van der Waals surface area contributed by atoms with Gasteiger partial charge >= 0.3 is 12.1 Å². The molecule has 1 fully saturated rings. The van der Waals surface area contributed by atoms with E-state index in [4.69, 9.17) is 28.3 Å². The zero-order chi connectivity index (χ0) is 57.6. The third-order valence-corrected chi connectivity index (χ3v) is 15.6. The molecule has 3 unspecified atom stereocenters. The summed E-state index contributed by atoms with van der Waals surface area (Å²) in [5, 5.41) is 29.2. The van der Waals surface area contributed by atoms with Crippen LogP contribution in [0.4, 0.5) is 21.0 Å². The van der Waals surface area contributed by atoms with Gasteiger partial charge in [-0.25, -0.2) is 9.59 Å². The van der Waals surface area contributed by atoms with Crippen LogP contribution < -0.4 is 31.9 Å². The fourth-order valence-electron chi connectivity index (χ4n) is 10.4. The van der Waals surface area contributed by atoms with Gasteiger partial charge in [-0.3, -0.25) is 9.69 Å². The molecule has 0 aliphatic carbocycles. The molecule has 7 aromatic rings. The van der Waals surface area contributed by atoms with Crippen molar-refractivity contribution in [3.8, 4) is 0 Å². The molecule has 5 aromatic carbocycles. The Hall–Kier alpha value is -6.39. The van der Waals surface area contributed by atoms with E-state index >= 15 is 0 Å². The number of amides is 5. The van der Waals surface area contributed by atoms with Crippen LogP contribution >= 0.6 is 23.2 Å². The number of benzene rings is 5. The van der Waals surface area contributed by atoms with Crippen LogP contribution in [0.25, 0.3) is 21.8 Å². The van der Waals surface area contributed by atoms with Crippen LogP contribution in [0.3, 0.4) is 0 Å². The molecule has 1 saturated heterocycles. The number of aromatic amines is 2. The summed E-state index contributed by atoms with van der Waals surface area (Å²) in [5.41, 5.74) is 9.19. The van der Waals surface area contributed by atoms with Crippen molar-refractivity contribution >= 4 is 74.4 Å². The van der Waals surface area contributed by atoms with E-state index in [9.17, 15) is 14.4 Å². The van der Waals surface area contributed by atoms with Gasteiger partial charge in [-0.2, -0.15) is 0 Å². The molecule has 8 rings (SSSR count). The number of piperidine rings is 1. The summed E-state index contributed by atoms with van der Waals surface area (Å²) < 4.78 is 0. The number of likely N-dealkylation sites (tertiary alicyclic amines) is 1. The zero-order valence-electron chi connectivity index (χ0n) is 48.1. The average molecular weight is 1130 g/mol. The second-order valence-electron chi connectivity index (χ2n) is 21.3. The zero-order valence-corrected chi connectivity index (χ0v) is 49.6. The summed E-state index contributed by atoms with van der Waals surface area (Å²) >= 11 is 12.1. The van der Waals surface area contributed by atoms with Crippen molar-refractivity contribution in [1.82, 2.24) is 41.0 Å². The maximum absolute atomic E-state index is 13.8. The van der Waals surface area contributed by atoms with Gasteiger partial charge in [0.15, 0.2) is 0 Å². The molecule has 16 heteroatoms. The first-order valence-corrected chi connectivity index (χ1v) is 29.2. The number of carbonyl (C=O) groups is 3. The molecule has 3 atom stereocenters. The van der Waals surface area contributed by atoms with Crippen molar-refractivity contribution in [2.24, 2.45) is 0 Å².